The first kappa shape index (κ1) is 19.9. The Balaban J connectivity index is 2.55. The molecule has 0 aliphatic rings. The number of carboxylic acids is 1. The number of nitrogens with one attached hydrogen (secondary N) is 1. The van der Waals surface area contributed by atoms with E-state index in [1.54, 1.807) is 11.4 Å². The predicted octanol–water partition coefficient (Wildman–Crippen LogP) is 5.48. The van der Waals surface area contributed by atoms with Crippen LogP contribution in [0.1, 0.15) is 20.7 Å². The molecule has 0 spiro atoms. The van der Waals surface area contributed by atoms with E-state index in [1.165, 1.54) is 6.07 Å². The first-order valence-corrected chi connectivity index (χ1v) is 8.49. The molecule has 2 aromatic rings. The highest BCUT2D eigenvalue weighted by Gasteiger charge is 2.30. The van der Waals surface area contributed by atoms with Gasteiger partial charge in [0.25, 0.3) is 5.91 Å². The van der Waals surface area contributed by atoms with E-state index in [0.29, 0.717) is 8.95 Å². The minimum atomic E-state index is -2.19. The lowest BCUT2D eigenvalue weighted by Gasteiger charge is -2.12. The maximum absolute atomic E-state index is 13.9. The summed E-state index contributed by atoms with van der Waals surface area (Å²) in [5.74, 6) is -11.6. The van der Waals surface area contributed by atoms with Gasteiger partial charge in [0.05, 0.1) is 5.56 Å². The summed E-state index contributed by atoms with van der Waals surface area (Å²) in [7, 11) is 0. The van der Waals surface area contributed by atoms with Crippen LogP contribution in [-0.2, 0) is 0 Å². The lowest BCUT2D eigenvalue weighted by Crippen LogP contribution is -2.19. The molecule has 0 saturated carbocycles. The SMILES string of the molecule is O=C(Nc1c(F)c(F)c(C(=O)O)c(F)c1F)c1cc(Br)cc(Br)c1Br. The highest BCUT2D eigenvalue weighted by molar-refractivity contribution is 9.13. The van der Waals surface area contributed by atoms with Gasteiger partial charge in [-0.3, -0.25) is 4.79 Å². The summed E-state index contributed by atoms with van der Waals surface area (Å²) < 4.78 is 56.2. The van der Waals surface area contributed by atoms with E-state index in [-0.39, 0.29) is 10.0 Å². The second-order valence-corrected chi connectivity index (χ2v) is 7.08. The molecule has 0 aromatic heterocycles. The van der Waals surface area contributed by atoms with E-state index in [0.717, 1.165) is 0 Å². The Morgan fingerprint density at radius 1 is 0.920 bits per heavy atom. The Morgan fingerprint density at radius 2 is 1.44 bits per heavy atom. The number of anilines is 1. The van der Waals surface area contributed by atoms with Gasteiger partial charge in [-0.25, -0.2) is 22.4 Å². The van der Waals surface area contributed by atoms with E-state index in [1.807, 2.05) is 0 Å². The van der Waals surface area contributed by atoms with Crippen molar-refractivity contribution in [2.24, 2.45) is 0 Å². The summed E-state index contributed by atoms with van der Waals surface area (Å²) in [4.78, 5) is 22.9. The van der Waals surface area contributed by atoms with Crippen LogP contribution in [-0.4, -0.2) is 17.0 Å². The molecule has 2 rings (SSSR count). The smallest absolute Gasteiger partial charge is 0.341 e. The van der Waals surface area contributed by atoms with Crippen molar-refractivity contribution < 1.29 is 32.3 Å². The largest absolute Gasteiger partial charge is 0.477 e. The van der Waals surface area contributed by atoms with E-state index in [9.17, 15) is 27.2 Å². The molecule has 0 aliphatic heterocycles. The molecule has 0 saturated heterocycles. The number of carbonyl (C=O) groups excluding carboxylic acids is 1. The summed E-state index contributed by atoms with van der Waals surface area (Å²) in [6.45, 7) is 0. The number of benzene rings is 2. The number of halogens is 7. The quantitative estimate of drug-likeness (QED) is 0.394. The summed E-state index contributed by atoms with van der Waals surface area (Å²) >= 11 is 9.34. The minimum absolute atomic E-state index is 0.108. The van der Waals surface area contributed by atoms with Crippen LogP contribution in [0, 0.1) is 23.3 Å². The zero-order chi connectivity index (χ0) is 19.0. The van der Waals surface area contributed by atoms with Crippen molar-refractivity contribution in [2.75, 3.05) is 5.32 Å². The van der Waals surface area contributed by atoms with Crippen LogP contribution in [0.25, 0.3) is 0 Å². The molecule has 1 amide bonds. The number of hydrogen-bond donors (Lipinski definition) is 2. The molecule has 0 radical (unpaired) electrons. The van der Waals surface area contributed by atoms with Gasteiger partial charge < -0.3 is 10.4 Å². The van der Waals surface area contributed by atoms with Gasteiger partial charge in [-0.05, 0) is 44.0 Å². The normalized spacial score (nSPS) is 10.7. The molecule has 0 bridgehead atoms. The Labute approximate surface area is 162 Å². The van der Waals surface area contributed by atoms with E-state index >= 15 is 0 Å². The molecule has 11 heteroatoms. The molecule has 0 fully saturated rings. The Kier molecular flexibility index (Phi) is 5.89. The van der Waals surface area contributed by atoms with Crippen LogP contribution in [0.3, 0.4) is 0 Å². The van der Waals surface area contributed by atoms with Crippen molar-refractivity contribution >= 4 is 65.4 Å². The van der Waals surface area contributed by atoms with Crippen LogP contribution in [0.4, 0.5) is 23.2 Å². The standard InChI is InChI=1S/C14H4Br3F4NO3/c15-3-1-4(7(17)5(16)2-3)13(23)22-12-10(20)8(18)6(14(24)25)9(19)11(12)21/h1-2H,(H,22,23)(H,24,25). The molecule has 4 nitrogen and oxygen atoms in total. The van der Waals surface area contributed by atoms with Crippen molar-refractivity contribution in [1.82, 2.24) is 0 Å². The summed E-state index contributed by atoms with van der Waals surface area (Å²) in [5.41, 5.74) is -3.34. The number of aromatic carboxylic acids is 1. The highest BCUT2D eigenvalue weighted by Crippen LogP contribution is 2.33. The zero-order valence-electron chi connectivity index (χ0n) is 11.6. The third-order valence-electron chi connectivity index (χ3n) is 2.95. The topological polar surface area (TPSA) is 66.4 Å². The molecule has 132 valence electrons. The molecule has 0 aliphatic carbocycles. The van der Waals surface area contributed by atoms with E-state index in [4.69, 9.17) is 5.11 Å². The first-order chi connectivity index (χ1) is 11.6. The predicted molar refractivity (Wildman–Crippen MR) is 90.7 cm³/mol. The number of carboxylic acid groups (broad SMARTS) is 1. The van der Waals surface area contributed by atoms with Crippen LogP contribution >= 0.6 is 47.8 Å². The lowest BCUT2D eigenvalue weighted by molar-refractivity contribution is 0.0683. The van der Waals surface area contributed by atoms with Gasteiger partial charge in [-0.1, -0.05) is 15.9 Å². The highest BCUT2D eigenvalue weighted by atomic mass is 79.9. The van der Waals surface area contributed by atoms with Gasteiger partial charge in [0.2, 0.25) is 0 Å². The zero-order valence-corrected chi connectivity index (χ0v) is 16.3. The first-order valence-electron chi connectivity index (χ1n) is 6.11. The maximum atomic E-state index is 13.9. The summed E-state index contributed by atoms with van der Waals surface area (Å²) in [5, 5.41) is 10.3. The second kappa shape index (κ2) is 7.42. The molecule has 0 unspecified atom stereocenters. The molecule has 0 atom stereocenters. The fourth-order valence-electron chi connectivity index (χ4n) is 1.83. The Hall–Kier alpha value is -1.46. The Bertz CT molecular complexity index is 892. The molecule has 25 heavy (non-hydrogen) atoms. The van der Waals surface area contributed by atoms with Crippen LogP contribution in [0.5, 0.6) is 0 Å². The summed E-state index contributed by atoms with van der Waals surface area (Å²) in [6, 6.07) is 2.86. The van der Waals surface area contributed by atoms with E-state index in [2.05, 4.69) is 47.8 Å². The molecular formula is C14H4Br3F4NO3. The second-order valence-electron chi connectivity index (χ2n) is 4.51. The fraction of sp³-hybridized carbons (Fsp3) is 0. The fourth-order valence-corrected chi connectivity index (χ4v) is 3.47. The monoisotopic (exact) mass is 547 g/mol. The molecule has 0 heterocycles. The van der Waals surface area contributed by atoms with Gasteiger partial charge >= 0.3 is 5.97 Å². The number of rotatable bonds is 3. The molecule has 2 N–H and O–H groups in total. The van der Waals surface area contributed by atoms with Crippen molar-refractivity contribution in [3.8, 4) is 0 Å². The third kappa shape index (κ3) is 3.72. The Morgan fingerprint density at radius 3 is 1.92 bits per heavy atom. The van der Waals surface area contributed by atoms with E-state index < -0.39 is 46.4 Å². The molecule has 2 aromatic carbocycles. The van der Waals surface area contributed by atoms with Gasteiger partial charge in [0, 0.05) is 13.4 Å². The average Bonchev–Trinajstić information content (AvgIpc) is 2.52. The van der Waals surface area contributed by atoms with Crippen molar-refractivity contribution in [3.63, 3.8) is 0 Å². The van der Waals surface area contributed by atoms with Gasteiger partial charge in [-0.15, -0.1) is 0 Å². The third-order valence-corrected chi connectivity index (χ3v) is 5.42. The number of carbonyl (C=O) groups is 2. The average molecular weight is 550 g/mol. The minimum Gasteiger partial charge on any atom is -0.477 e. The molecular weight excluding hydrogens is 546 g/mol. The maximum Gasteiger partial charge on any atom is 0.341 e. The van der Waals surface area contributed by atoms with Gasteiger partial charge in [0.15, 0.2) is 23.3 Å². The van der Waals surface area contributed by atoms with Crippen LogP contribution < -0.4 is 5.32 Å². The van der Waals surface area contributed by atoms with Crippen LogP contribution in [0.15, 0.2) is 25.6 Å². The van der Waals surface area contributed by atoms with Crippen molar-refractivity contribution in [3.05, 3.63) is 59.9 Å². The van der Waals surface area contributed by atoms with Gasteiger partial charge in [0.1, 0.15) is 11.3 Å². The number of hydrogen-bond acceptors (Lipinski definition) is 2. The lowest BCUT2D eigenvalue weighted by atomic mass is 10.1. The van der Waals surface area contributed by atoms with Gasteiger partial charge in [-0.2, -0.15) is 0 Å². The van der Waals surface area contributed by atoms with Crippen molar-refractivity contribution in [2.45, 2.75) is 0 Å². The van der Waals surface area contributed by atoms with Crippen molar-refractivity contribution in [1.29, 1.82) is 0 Å². The summed E-state index contributed by atoms with van der Waals surface area (Å²) in [6.07, 6.45) is 0. The van der Waals surface area contributed by atoms with Crippen LogP contribution in [0.2, 0.25) is 0 Å². The number of amides is 1.